The van der Waals surface area contributed by atoms with Gasteiger partial charge < -0.3 is 0 Å². The van der Waals surface area contributed by atoms with Crippen molar-refractivity contribution in [1.82, 2.24) is 25.2 Å². The molecule has 0 spiro atoms. The van der Waals surface area contributed by atoms with Crippen LogP contribution in [0, 0.1) is 24.1 Å². The number of benzene rings is 1. The smallest absolute Gasteiger partial charge is 0.223 e. The average Bonchev–Trinajstić information content (AvgIpc) is 2.97. The second-order valence-corrected chi connectivity index (χ2v) is 4.43. The first-order chi connectivity index (χ1) is 10.2. The van der Waals surface area contributed by atoms with E-state index in [1.807, 2.05) is 19.1 Å². The van der Waals surface area contributed by atoms with Gasteiger partial charge in [0.15, 0.2) is 0 Å². The standard InChI is InChI=1S/C14H9FN6/c1-9-2-3-13(17-8-9)14-18-20-21(19-14)12-5-10(7-16)4-11(15)6-12/h2-6,8H,1H3. The van der Waals surface area contributed by atoms with Gasteiger partial charge >= 0.3 is 0 Å². The summed E-state index contributed by atoms with van der Waals surface area (Å²) in [4.78, 5) is 5.37. The summed E-state index contributed by atoms with van der Waals surface area (Å²) >= 11 is 0. The van der Waals surface area contributed by atoms with Gasteiger partial charge in [-0.1, -0.05) is 6.07 Å². The zero-order valence-electron chi connectivity index (χ0n) is 11.0. The predicted octanol–water partition coefficient (Wildman–Crippen LogP) is 2.04. The van der Waals surface area contributed by atoms with Crippen molar-refractivity contribution >= 4 is 0 Å². The van der Waals surface area contributed by atoms with E-state index in [9.17, 15) is 4.39 Å². The van der Waals surface area contributed by atoms with E-state index in [4.69, 9.17) is 5.26 Å². The minimum Gasteiger partial charge on any atom is -0.252 e. The lowest BCUT2D eigenvalue weighted by molar-refractivity contribution is 0.620. The SMILES string of the molecule is Cc1ccc(-c2nnn(-c3cc(F)cc(C#N)c3)n2)nc1. The summed E-state index contributed by atoms with van der Waals surface area (Å²) in [7, 11) is 0. The summed E-state index contributed by atoms with van der Waals surface area (Å²) in [5, 5.41) is 20.8. The summed E-state index contributed by atoms with van der Waals surface area (Å²) < 4.78 is 13.4. The van der Waals surface area contributed by atoms with Gasteiger partial charge in [-0.3, -0.25) is 4.98 Å². The Bertz CT molecular complexity index is 831. The van der Waals surface area contributed by atoms with Gasteiger partial charge in [-0.15, -0.1) is 15.0 Å². The number of tetrazole rings is 1. The lowest BCUT2D eigenvalue weighted by Crippen LogP contribution is -2.00. The highest BCUT2D eigenvalue weighted by Gasteiger charge is 2.10. The predicted molar refractivity (Wildman–Crippen MR) is 71.8 cm³/mol. The van der Waals surface area contributed by atoms with Crippen LogP contribution < -0.4 is 0 Å². The summed E-state index contributed by atoms with van der Waals surface area (Å²) in [5.74, 6) is -0.200. The van der Waals surface area contributed by atoms with E-state index in [-0.39, 0.29) is 5.56 Å². The number of hydrogen-bond donors (Lipinski definition) is 0. The van der Waals surface area contributed by atoms with Crippen LogP contribution in [0.3, 0.4) is 0 Å². The number of halogens is 1. The largest absolute Gasteiger partial charge is 0.252 e. The second kappa shape index (κ2) is 5.09. The molecule has 2 heterocycles. The van der Waals surface area contributed by atoms with Gasteiger partial charge in [0, 0.05) is 12.3 Å². The minimum atomic E-state index is -0.531. The summed E-state index contributed by atoms with van der Waals surface area (Å²) in [6, 6.07) is 9.41. The van der Waals surface area contributed by atoms with Crippen molar-refractivity contribution in [3.05, 3.63) is 53.5 Å². The molecule has 0 amide bonds. The monoisotopic (exact) mass is 280 g/mol. The van der Waals surface area contributed by atoms with E-state index in [0.717, 1.165) is 11.6 Å². The number of aromatic nitrogens is 5. The van der Waals surface area contributed by atoms with E-state index in [2.05, 4.69) is 20.4 Å². The van der Waals surface area contributed by atoms with Gasteiger partial charge in [-0.2, -0.15) is 5.26 Å². The molecule has 6 nitrogen and oxygen atoms in total. The van der Waals surface area contributed by atoms with Crippen molar-refractivity contribution in [3.8, 4) is 23.3 Å². The molecule has 3 aromatic rings. The van der Waals surface area contributed by atoms with Crippen LogP contribution in [0.25, 0.3) is 17.2 Å². The van der Waals surface area contributed by atoms with E-state index in [1.54, 1.807) is 12.3 Å². The summed E-state index contributed by atoms with van der Waals surface area (Å²) in [6.07, 6.45) is 1.70. The first-order valence-electron chi connectivity index (χ1n) is 6.10. The van der Waals surface area contributed by atoms with Gasteiger partial charge in [-0.25, -0.2) is 4.39 Å². The van der Waals surface area contributed by atoms with Crippen molar-refractivity contribution in [2.24, 2.45) is 0 Å². The maximum Gasteiger partial charge on any atom is 0.223 e. The Kier molecular flexibility index (Phi) is 3.12. The minimum absolute atomic E-state index is 0.192. The fourth-order valence-corrected chi connectivity index (χ4v) is 1.78. The molecule has 0 atom stereocenters. The lowest BCUT2D eigenvalue weighted by Gasteiger charge is -1.99. The van der Waals surface area contributed by atoms with E-state index >= 15 is 0 Å². The van der Waals surface area contributed by atoms with Gasteiger partial charge in [0.05, 0.1) is 17.3 Å². The number of hydrogen-bond acceptors (Lipinski definition) is 5. The maximum atomic E-state index is 13.4. The van der Waals surface area contributed by atoms with Gasteiger partial charge in [-0.05, 0) is 35.9 Å². The van der Waals surface area contributed by atoms with Crippen LogP contribution in [-0.4, -0.2) is 25.2 Å². The number of rotatable bonds is 2. The first kappa shape index (κ1) is 12.9. The third-order valence-corrected chi connectivity index (χ3v) is 2.80. The van der Waals surface area contributed by atoms with E-state index in [0.29, 0.717) is 17.2 Å². The molecule has 3 rings (SSSR count). The molecule has 1 aromatic carbocycles. The third-order valence-electron chi connectivity index (χ3n) is 2.80. The zero-order valence-corrected chi connectivity index (χ0v) is 11.0. The second-order valence-electron chi connectivity index (χ2n) is 4.43. The Balaban J connectivity index is 2.00. The molecule has 0 unspecified atom stereocenters. The van der Waals surface area contributed by atoms with Crippen LogP contribution in [-0.2, 0) is 0 Å². The Morgan fingerprint density at radius 2 is 2.10 bits per heavy atom. The van der Waals surface area contributed by atoms with Crippen LogP contribution in [0.15, 0.2) is 36.5 Å². The Labute approximate surface area is 119 Å². The molecule has 0 aliphatic heterocycles. The van der Waals surface area contributed by atoms with Crippen LogP contribution in [0.2, 0.25) is 0 Å². The van der Waals surface area contributed by atoms with E-state index in [1.165, 1.54) is 16.9 Å². The average molecular weight is 280 g/mol. The van der Waals surface area contributed by atoms with Crippen LogP contribution in [0.5, 0.6) is 0 Å². The Morgan fingerprint density at radius 3 is 2.81 bits per heavy atom. The zero-order chi connectivity index (χ0) is 14.8. The van der Waals surface area contributed by atoms with Gasteiger partial charge in [0.2, 0.25) is 5.82 Å². The lowest BCUT2D eigenvalue weighted by atomic mass is 10.2. The number of nitriles is 1. The molecule has 0 radical (unpaired) electrons. The van der Waals surface area contributed by atoms with Crippen molar-refractivity contribution in [1.29, 1.82) is 5.26 Å². The summed E-state index contributed by atoms with van der Waals surface area (Å²) in [5.41, 5.74) is 2.12. The molecule has 2 aromatic heterocycles. The Hall–Kier alpha value is -3.14. The molecular formula is C14H9FN6. The number of nitrogens with zero attached hydrogens (tertiary/aromatic N) is 6. The molecule has 0 bridgehead atoms. The van der Waals surface area contributed by atoms with Crippen LogP contribution >= 0.6 is 0 Å². The molecule has 0 N–H and O–H groups in total. The topological polar surface area (TPSA) is 80.3 Å². The highest BCUT2D eigenvalue weighted by atomic mass is 19.1. The highest BCUT2D eigenvalue weighted by molar-refractivity contribution is 5.48. The van der Waals surface area contributed by atoms with Gasteiger partial charge in [0.1, 0.15) is 11.5 Å². The van der Waals surface area contributed by atoms with Crippen molar-refractivity contribution in [3.63, 3.8) is 0 Å². The molecular weight excluding hydrogens is 271 g/mol. The normalized spacial score (nSPS) is 10.3. The molecule has 0 saturated carbocycles. The maximum absolute atomic E-state index is 13.4. The molecule has 0 aliphatic carbocycles. The van der Waals surface area contributed by atoms with Crippen molar-refractivity contribution < 1.29 is 4.39 Å². The number of aryl methyl sites for hydroxylation is 1. The van der Waals surface area contributed by atoms with Crippen molar-refractivity contribution in [2.75, 3.05) is 0 Å². The molecule has 102 valence electrons. The van der Waals surface area contributed by atoms with E-state index < -0.39 is 5.82 Å². The van der Waals surface area contributed by atoms with Crippen molar-refractivity contribution in [2.45, 2.75) is 6.92 Å². The molecule has 0 aliphatic rings. The number of pyridine rings is 1. The van der Waals surface area contributed by atoms with Gasteiger partial charge in [0.25, 0.3) is 0 Å². The molecule has 7 heteroatoms. The Morgan fingerprint density at radius 1 is 1.24 bits per heavy atom. The molecule has 21 heavy (non-hydrogen) atoms. The quantitative estimate of drug-likeness (QED) is 0.717. The first-order valence-corrected chi connectivity index (χ1v) is 6.10. The summed E-state index contributed by atoms with van der Waals surface area (Å²) in [6.45, 7) is 1.93. The third kappa shape index (κ3) is 2.60. The highest BCUT2D eigenvalue weighted by Crippen LogP contribution is 2.14. The fraction of sp³-hybridized carbons (Fsp3) is 0.0714. The fourth-order valence-electron chi connectivity index (χ4n) is 1.78. The molecule has 0 saturated heterocycles. The van der Waals surface area contributed by atoms with Crippen LogP contribution in [0.4, 0.5) is 4.39 Å². The molecule has 0 fully saturated rings. The van der Waals surface area contributed by atoms with Crippen LogP contribution in [0.1, 0.15) is 11.1 Å².